The van der Waals surface area contributed by atoms with E-state index in [0.717, 1.165) is 37.1 Å². The minimum atomic E-state index is -0.169. The molecule has 356 valence electrons. The van der Waals surface area contributed by atoms with E-state index >= 15 is 0 Å². The lowest BCUT2D eigenvalue weighted by Crippen LogP contribution is -2.15. The highest BCUT2D eigenvalue weighted by molar-refractivity contribution is 6.24. The highest BCUT2D eigenvalue weighted by Gasteiger charge is 2.36. The lowest BCUT2D eigenvalue weighted by atomic mass is 9.80. The first-order valence-electron chi connectivity index (χ1n) is 26.7. The second-order valence-corrected chi connectivity index (χ2v) is 21.4. The van der Waals surface area contributed by atoms with E-state index in [9.17, 15) is 0 Å². The summed E-state index contributed by atoms with van der Waals surface area (Å²) in [7, 11) is 0. The van der Waals surface area contributed by atoms with Crippen LogP contribution in [0.25, 0.3) is 76.8 Å². The van der Waals surface area contributed by atoms with Crippen LogP contribution in [0.4, 0.5) is 34.1 Å². The van der Waals surface area contributed by atoms with Gasteiger partial charge in [0.25, 0.3) is 0 Å². The zero-order chi connectivity index (χ0) is 49.8. The van der Waals surface area contributed by atoms with E-state index in [0.29, 0.717) is 0 Å². The molecular formula is C73H54N2. The summed E-state index contributed by atoms with van der Waals surface area (Å²) in [4.78, 5) is 5.07. The number of para-hydroxylation sites is 4. The van der Waals surface area contributed by atoms with Crippen LogP contribution in [0.5, 0.6) is 0 Å². The number of hydrogen-bond donors (Lipinski definition) is 0. The van der Waals surface area contributed by atoms with Crippen molar-refractivity contribution < 1.29 is 0 Å². The molecule has 2 heteroatoms. The SMILES string of the molecule is CC1(C)c2ccccc2-c2ccc(-c3c4cc(N5c6ccccc6CCc6ccccc65)ccc4c(-c4ccccc4-c4ccc5ccccc5c4)c4cc(N5c6ccccc6CCc6ccccc65)ccc34)cc21. The number of hydrogen-bond acceptors (Lipinski definition) is 2. The third-order valence-electron chi connectivity index (χ3n) is 17.0. The van der Waals surface area contributed by atoms with Crippen LogP contribution >= 0.6 is 0 Å². The maximum atomic E-state index is 2.54. The topological polar surface area (TPSA) is 6.48 Å². The summed E-state index contributed by atoms with van der Waals surface area (Å²) >= 11 is 0. The summed E-state index contributed by atoms with van der Waals surface area (Å²) in [5, 5.41) is 7.39. The van der Waals surface area contributed by atoms with Crippen molar-refractivity contribution in [1.29, 1.82) is 0 Å². The van der Waals surface area contributed by atoms with Crippen LogP contribution in [-0.4, -0.2) is 0 Å². The molecule has 0 N–H and O–H groups in total. The molecule has 0 spiro atoms. The van der Waals surface area contributed by atoms with Crippen LogP contribution in [-0.2, 0) is 31.1 Å². The van der Waals surface area contributed by atoms with E-state index in [2.05, 4.69) is 266 Å². The Bertz CT molecular complexity index is 4210. The Morgan fingerprint density at radius 2 is 0.733 bits per heavy atom. The first kappa shape index (κ1) is 43.6. The fourth-order valence-corrected chi connectivity index (χ4v) is 13.4. The lowest BCUT2D eigenvalue weighted by molar-refractivity contribution is 0.660. The van der Waals surface area contributed by atoms with Gasteiger partial charge < -0.3 is 9.80 Å². The van der Waals surface area contributed by atoms with E-state index < -0.39 is 0 Å². The molecule has 0 aromatic heterocycles. The first-order valence-corrected chi connectivity index (χ1v) is 26.7. The van der Waals surface area contributed by atoms with Crippen LogP contribution in [0.3, 0.4) is 0 Å². The van der Waals surface area contributed by atoms with E-state index in [1.165, 1.54) is 133 Å². The molecule has 2 nitrogen and oxygen atoms in total. The molecule has 0 unspecified atom stereocenters. The van der Waals surface area contributed by atoms with Gasteiger partial charge in [-0.3, -0.25) is 0 Å². The Hall–Kier alpha value is -8.98. The number of benzene rings is 12. The van der Waals surface area contributed by atoms with Gasteiger partial charge in [0.2, 0.25) is 0 Å². The number of fused-ring (bicyclic) bond motifs is 10. The highest BCUT2D eigenvalue weighted by atomic mass is 15.2. The molecule has 12 aromatic rings. The third kappa shape index (κ3) is 6.86. The van der Waals surface area contributed by atoms with E-state index in [4.69, 9.17) is 0 Å². The monoisotopic (exact) mass is 958 g/mol. The Morgan fingerprint density at radius 3 is 1.32 bits per heavy atom. The smallest absolute Gasteiger partial charge is 0.0493 e. The second kappa shape index (κ2) is 17.0. The molecule has 2 aliphatic heterocycles. The Labute approximate surface area is 439 Å². The lowest BCUT2D eigenvalue weighted by Gasteiger charge is -2.29. The number of nitrogens with zero attached hydrogens (tertiary/aromatic N) is 2. The van der Waals surface area contributed by atoms with Gasteiger partial charge in [0, 0.05) is 39.5 Å². The molecule has 0 radical (unpaired) electrons. The molecule has 12 aromatic carbocycles. The van der Waals surface area contributed by atoms with Gasteiger partial charge in [-0.1, -0.05) is 196 Å². The molecule has 0 fully saturated rings. The predicted molar refractivity (Wildman–Crippen MR) is 317 cm³/mol. The zero-order valence-corrected chi connectivity index (χ0v) is 42.3. The summed E-state index contributed by atoms with van der Waals surface area (Å²) in [5.74, 6) is 0. The Morgan fingerprint density at radius 1 is 0.293 bits per heavy atom. The normalized spacial score (nSPS) is 14.1. The molecule has 1 aliphatic carbocycles. The molecule has 15 rings (SSSR count). The first-order chi connectivity index (χ1) is 37.0. The minimum absolute atomic E-state index is 0.169. The fraction of sp³-hybridized carbons (Fsp3) is 0.0959. The van der Waals surface area contributed by atoms with Crippen LogP contribution in [0.15, 0.2) is 243 Å². The van der Waals surface area contributed by atoms with Crippen molar-refractivity contribution >= 4 is 66.4 Å². The van der Waals surface area contributed by atoms with Gasteiger partial charge in [-0.15, -0.1) is 0 Å². The molecule has 75 heavy (non-hydrogen) atoms. The van der Waals surface area contributed by atoms with Gasteiger partial charge in [0.05, 0.1) is 0 Å². The number of rotatable bonds is 5. The van der Waals surface area contributed by atoms with E-state index in [-0.39, 0.29) is 5.41 Å². The maximum Gasteiger partial charge on any atom is 0.0493 e. The molecule has 0 saturated heterocycles. The number of aryl methyl sites for hydroxylation is 4. The van der Waals surface area contributed by atoms with Gasteiger partial charge in [0.1, 0.15) is 0 Å². The van der Waals surface area contributed by atoms with Gasteiger partial charge in [-0.05, 0) is 197 Å². The molecule has 0 amide bonds. The molecule has 0 bridgehead atoms. The van der Waals surface area contributed by atoms with Crippen molar-refractivity contribution in [1.82, 2.24) is 0 Å². The molecule has 0 saturated carbocycles. The fourth-order valence-electron chi connectivity index (χ4n) is 13.4. The van der Waals surface area contributed by atoms with Crippen molar-refractivity contribution in [2.45, 2.75) is 44.9 Å². The van der Waals surface area contributed by atoms with Crippen LogP contribution in [0.2, 0.25) is 0 Å². The molecule has 2 heterocycles. The standard InChI is InChI=1S/C73H54N2/c1-73(2)65-26-12-11-24-58(65)59-40-37-54(44-66(59)73)71-61-41-38-56(75-69-29-15-7-20-50(69)34-35-51-21-8-16-30-70(51)75)46-64(61)72(60-25-10-9-23-57(60)53-36-31-47-17-3-4-22-52(47)43-53)62-42-39-55(45-63(62)71)74-67-27-13-5-18-48(67)32-33-49-19-6-14-28-68(49)74/h3-31,36-46H,32-35H2,1-2H3. The third-order valence-corrected chi connectivity index (χ3v) is 17.0. The van der Waals surface area contributed by atoms with Gasteiger partial charge in [-0.25, -0.2) is 0 Å². The largest absolute Gasteiger partial charge is 0.310 e. The highest BCUT2D eigenvalue weighted by Crippen LogP contribution is 2.54. The summed E-state index contributed by atoms with van der Waals surface area (Å²) < 4.78 is 0. The predicted octanol–water partition coefficient (Wildman–Crippen LogP) is 19.6. The van der Waals surface area contributed by atoms with Crippen molar-refractivity contribution in [2.75, 3.05) is 9.80 Å². The van der Waals surface area contributed by atoms with Crippen molar-refractivity contribution in [3.63, 3.8) is 0 Å². The number of anilines is 6. The Balaban J connectivity index is 1.08. The average Bonchev–Trinajstić information content (AvgIpc) is 3.59. The van der Waals surface area contributed by atoms with Crippen molar-refractivity contribution in [3.05, 3.63) is 276 Å². The maximum absolute atomic E-state index is 2.54. The summed E-state index contributed by atoms with van der Waals surface area (Å²) in [6.07, 6.45) is 3.96. The molecule has 0 atom stereocenters. The van der Waals surface area contributed by atoms with E-state index in [1.54, 1.807) is 0 Å². The van der Waals surface area contributed by atoms with Crippen LogP contribution in [0.1, 0.15) is 47.2 Å². The quantitative estimate of drug-likeness (QED) is 0.159. The Kier molecular flexibility index (Phi) is 9.91. The van der Waals surface area contributed by atoms with Gasteiger partial charge >= 0.3 is 0 Å². The summed E-state index contributed by atoms with van der Waals surface area (Å²) in [5.41, 5.74) is 25.3. The van der Waals surface area contributed by atoms with Crippen LogP contribution < -0.4 is 9.80 Å². The second-order valence-electron chi connectivity index (χ2n) is 21.4. The van der Waals surface area contributed by atoms with Gasteiger partial charge in [0.15, 0.2) is 0 Å². The molecular weight excluding hydrogens is 905 g/mol. The van der Waals surface area contributed by atoms with Crippen LogP contribution in [0, 0.1) is 0 Å². The summed E-state index contributed by atoms with van der Waals surface area (Å²) in [6.45, 7) is 4.81. The zero-order valence-electron chi connectivity index (χ0n) is 42.3. The summed E-state index contributed by atoms with van der Waals surface area (Å²) in [6, 6.07) is 92.0. The average molecular weight is 959 g/mol. The minimum Gasteiger partial charge on any atom is -0.310 e. The van der Waals surface area contributed by atoms with Crippen molar-refractivity contribution in [2.24, 2.45) is 0 Å². The van der Waals surface area contributed by atoms with Gasteiger partial charge in [-0.2, -0.15) is 0 Å². The molecule has 3 aliphatic rings. The van der Waals surface area contributed by atoms with E-state index in [1.807, 2.05) is 0 Å². The van der Waals surface area contributed by atoms with Crippen molar-refractivity contribution in [3.8, 4) is 44.5 Å².